The first kappa shape index (κ1) is 18.9. The Labute approximate surface area is 159 Å². The van der Waals surface area contributed by atoms with E-state index in [1.807, 2.05) is 0 Å². The van der Waals surface area contributed by atoms with Crippen LogP contribution in [0, 0.1) is 29.1 Å². The van der Waals surface area contributed by atoms with Crippen molar-refractivity contribution in [2.75, 3.05) is 10.8 Å². The van der Waals surface area contributed by atoms with E-state index >= 15 is 0 Å². The summed E-state index contributed by atoms with van der Waals surface area (Å²) in [6.45, 7) is 1.71. The van der Waals surface area contributed by atoms with Crippen molar-refractivity contribution in [1.29, 1.82) is 5.26 Å². The van der Waals surface area contributed by atoms with E-state index in [1.54, 1.807) is 6.92 Å². The molecule has 0 radical (unpaired) electrons. The van der Waals surface area contributed by atoms with Crippen LogP contribution >= 0.6 is 0 Å². The fraction of sp³-hybridized carbons (Fsp3) is 0.588. The number of halogens is 3. The molecule has 0 aromatic heterocycles. The van der Waals surface area contributed by atoms with Gasteiger partial charge in [-0.1, -0.05) is 5.11 Å². The minimum Gasteiger partial charge on any atom is -0.269 e. The van der Waals surface area contributed by atoms with Crippen LogP contribution in [0.15, 0.2) is 23.3 Å². The monoisotopic (exact) mass is 411 g/mol. The number of benzene rings is 1. The molecule has 7 nitrogen and oxygen atoms in total. The zero-order valence-corrected chi connectivity index (χ0v) is 15.6. The predicted octanol–water partition coefficient (Wildman–Crippen LogP) is 3.82. The van der Waals surface area contributed by atoms with Gasteiger partial charge in [0.25, 0.3) is 0 Å². The molecule has 3 fully saturated rings. The number of nitrogens with zero attached hydrogens (tertiary/aromatic N) is 5. The van der Waals surface area contributed by atoms with Gasteiger partial charge in [0, 0.05) is 23.4 Å². The summed E-state index contributed by atoms with van der Waals surface area (Å²) in [4.78, 5) is 2.83. The van der Waals surface area contributed by atoms with Crippen LogP contribution in [0.25, 0.3) is 10.4 Å². The minimum atomic E-state index is -4.77. The number of fused-ring (bicyclic) bond motifs is 5. The third-order valence-electron chi connectivity index (χ3n) is 6.73. The lowest BCUT2D eigenvalue weighted by molar-refractivity contribution is -0.137. The summed E-state index contributed by atoms with van der Waals surface area (Å²) >= 11 is 0. The minimum absolute atomic E-state index is 0.0470. The van der Waals surface area contributed by atoms with Gasteiger partial charge < -0.3 is 0 Å². The molecule has 1 aromatic rings. The van der Waals surface area contributed by atoms with Gasteiger partial charge in [0.05, 0.1) is 27.6 Å². The second-order valence-electron chi connectivity index (χ2n) is 7.78. The summed E-state index contributed by atoms with van der Waals surface area (Å²) in [5, 5.41) is 12.7. The Balaban J connectivity index is 1.79. The quantitative estimate of drug-likeness (QED) is 0.419. The molecule has 148 valence electrons. The molecule has 1 aliphatic heterocycles. The topological polar surface area (TPSA) is 110 Å². The zero-order valence-electron chi connectivity index (χ0n) is 14.8. The highest BCUT2D eigenvalue weighted by Gasteiger charge is 2.70. The number of nitriles is 1. The summed E-state index contributed by atoms with van der Waals surface area (Å²) in [6, 6.07) is 4.05. The molecular formula is C17H16F3N5O2S. The molecule has 1 heterocycles. The average Bonchev–Trinajstić information content (AvgIpc) is 3.22. The van der Waals surface area contributed by atoms with E-state index in [0.29, 0.717) is 12.8 Å². The summed E-state index contributed by atoms with van der Waals surface area (Å²) in [6.07, 6.45) is -3.53. The van der Waals surface area contributed by atoms with E-state index in [9.17, 15) is 21.6 Å². The Kier molecular flexibility index (Phi) is 3.90. The summed E-state index contributed by atoms with van der Waals surface area (Å²) in [5.41, 5.74) is 6.96. The molecule has 4 rings (SSSR count). The number of alkyl halides is 3. The summed E-state index contributed by atoms with van der Waals surface area (Å²) < 4.78 is 66.6. The third-order valence-corrected chi connectivity index (χ3v) is 9.39. The first-order valence-corrected chi connectivity index (χ1v) is 10.2. The van der Waals surface area contributed by atoms with Crippen LogP contribution in [0.2, 0.25) is 0 Å². The molecular weight excluding hydrogens is 395 g/mol. The third kappa shape index (κ3) is 2.28. The molecule has 1 saturated heterocycles. The maximum absolute atomic E-state index is 13.4. The van der Waals surface area contributed by atoms with Crippen LogP contribution in [0.4, 0.5) is 18.9 Å². The van der Waals surface area contributed by atoms with Crippen molar-refractivity contribution in [3.05, 3.63) is 39.8 Å². The number of hydrogen-bond acceptors (Lipinski definition) is 4. The highest BCUT2D eigenvalue weighted by molar-refractivity contribution is 7.94. The SMILES string of the molecule is C[C@@]12[C@@H](CN(c3ccc(C#N)c(C(F)(F)F)c3)S1(=O)=O)[C@H]1C[C@H](N=[N+]=[N-])[C@@H]2C1. The first-order chi connectivity index (χ1) is 13.1. The Morgan fingerprint density at radius 3 is 2.68 bits per heavy atom. The van der Waals surface area contributed by atoms with Gasteiger partial charge in [-0.05, 0) is 55.3 Å². The van der Waals surface area contributed by atoms with Crippen molar-refractivity contribution in [1.82, 2.24) is 0 Å². The Bertz CT molecular complexity index is 1040. The number of hydrogen-bond donors (Lipinski definition) is 0. The van der Waals surface area contributed by atoms with Gasteiger partial charge in [0.15, 0.2) is 0 Å². The number of sulfonamides is 1. The fourth-order valence-electron chi connectivity index (χ4n) is 5.43. The molecule has 1 aromatic carbocycles. The van der Waals surface area contributed by atoms with Crippen molar-refractivity contribution in [2.24, 2.45) is 22.9 Å². The average molecular weight is 411 g/mol. The van der Waals surface area contributed by atoms with E-state index in [1.165, 1.54) is 12.1 Å². The Hall–Kier alpha value is -2.44. The van der Waals surface area contributed by atoms with Crippen LogP contribution in [-0.2, 0) is 16.2 Å². The van der Waals surface area contributed by atoms with Crippen LogP contribution < -0.4 is 4.31 Å². The lowest BCUT2D eigenvalue weighted by Crippen LogP contribution is -2.48. The number of azide groups is 1. The summed E-state index contributed by atoms with van der Waals surface area (Å²) in [5.74, 6) is -0.544. The van der Waals surface area contributed by atoms with Gasteiger partial charge in [-0.25, -0.2) is 8.42 Å². The second kappa shape index (κ2) is 5.78. The van der Waals surface area contributed by atoms with Crippen LogP contribution in [0.5, 0.6) is 0 Å². The largest absolute Gasteiger partial charge is 0.417 e. The van der Waals surface area contributed by atoms with Gasteiger partial charge in [0.1, 0.15) is 0 Å². The fourth-order valence-corrected chi connectivity index (χ4v) is 7.93. The molecule has 0 spiro atoms. The molecule has 2 saturated carbocycles. The Morgan fingerprint density at radius 1 is 1.36 bits per heavy atom. The van der Waals surface area contributed by atoms with E-state index in [-0.39, 0.29) is 30.0 Å². The number of rotatable bonds is 2. The van der Waals surface area contributed by atoms with E-state index in [4.69, 9.17) is 10.8 Å². The molecule has 11 heteroatoms. The Morgan fingerprint density at radius 2 is 2.07 bits per heavy atom. The van der Waals surface area contributed by atoms with E-state index in [0.717, 1.165) is 16.4 Å². The first-order valence-electron chi connectivity index (χ1n) is 8.73. The van der Waals surface area contributed by atoms with Gasteiger partial charge >= 0.3 is 6.18 Å². The smallest absolute Gasteiger partial charge is 0.269 e. The normalized spacial score (nSPS) is 35.3. The van der Waals surface area contributed by atoms with E-state index in [2.05, 4.69) is 10.0 Å². The van der Waals surface area contributed by atoms with Crippen LogP contribution in [-0.4, -0.2) is 25.8 Å². The van der Waals surface area contributed by atoms with Crippen molar-refractivity contribution in [3.63, 3.8) is 0 Å². The van der Waals surface area contributed by atoms with Crippen molar-refractivity contribution in [3.8, 4) is 6.07 Å². The van der Waals surface area contributed by atoms with Gasteiger partial charge in [0.2, 0.25) is 10.0 Å². The second-order valence-corrected chi connectivity index (χ2v) is 10.0. The molecule has 2 aliphatic carbocycles. The lowest BCUT2D eigenvalue weighted by Gasteiger charge is -2.36. The standard InChI is InChI=1S/C17H16F3N5O2S/c1-16-13-4-10(5-15(13)23-24-22)14(16)8-25(28(16,26)27)11-3-2-9(7-21)12(6-11)17(18,19)20/h2-3,6,10,13-15H,4-5,8H2,1H3/t10-,13+,14+,15+,16-/m1/s1. The van der Waals surface area contributed by atoms with Crippen molar-refractivity contribution in [2.45, 2.75) is 36.7 Å². The van der Waals surface area contributed by atoms with Gasteiger partial charge in [-0.2, -0.15) is 18.4 Å². The molecule has 5 atom stereocenters. The van der Waals surface area contributed by atoms with Crippen molar-refractivity contribution < 1.29 is 21.6 Å². The zero-order chi connectivity index (χ0) is 20.5. The molecule has 0 amide bonds. The highest BCUT2D eigenvalue weighted by Crippen LogP contribution is 2.63. The lowest BCUT2D eigenvalue weighted by atomic mass is 9.77. The van der Waals surface area contributed by atoms with Gasteiger partial charge in [-0.15, -0.1) is 0 Å². The maximum atomic E-state index is 13.4. The predicted molar refractivity (Wildman–Crippen MR) is 93.5 cm³/mol. The van der Waals surface area contributed by atoms with Crippen LogP contribution in [0.1, 0.15) is 30.9 Å². The molecule has 0 unspecified atom stereocenters. The summed E-state index contributed by atoms with van der Waals surface area (Å²) in [7, 11) is -3.98. The molecule has 3 aliphatic rings. The van der Waals surface area contributed by atoms with Crippen molar-refractivity contribution >= 4 is 15.7 Å². The molecule has 0 N–H and O–H groups in total. The van der Waals surface area contributed by atoms with Crippen LogP contribution in [0.3, 0.4) is 0 Å². The highest BCUT2D eigenvalue weighted by atomic mass is 32.2. The molecule has 28 heavy (non-hydrogen) atoms. The maximum Gasteiger partial charge on any atom is 0.417 e. The van der Waals surface area contributed by atoms with Gasteiger partial charge in [-0.3, -0.25) is 4.31 Å². The molecule has 2 bridgehead atoms. The van der Waals surface area contributed by atoms with E-state index < -0.39 is 38.1 Å². The number of anilines is 1.